The highest BCUT2D eigenvalue weighted by molar-refractivity contribution is 5.93. The van der Waals surface area contributed by atoms with Crippen LogP contribution in [0.5, 0.6) is 0 Å². The van der Waals surface area contributed by atoms with Crippen molar-refractivity contribution in [3.63, 3.8) is 0 Å². The van der Waals surface area contributed by atoms with Crippen LogP contribution in [-0.2, 0) is 11.3 Å². The molecule has 1 rings (SSSR count). The Balaban J connectivity index is 0.00000361. The van der Waals surface area contributed by atoms with Crippen molar-refractivity contribution in [3.8, 4) is 0 Å². The molecule has 2 amide bonds. The second-order valence-electron chi connectivity index (χ2n) is 4.76. The Labute approximate surface area is 125 Å². The summed E-state index contributed by atoms with van der Waals surface area (Å²) in [5, 5.41) is 5.33. The Kier molecular flexibility index (Phi) is 7.87. The molecule has 0 saturated carbocycles. The summed E-state index contributed by atoms with van der Waals surface area (Å²) in [4.78, 5) is 23.0. The van der Waals surface area contributed by atoms with Gasteiger partial charge in [-0.25, -0.2) is 0 Å². The Hall–Kier alpha value is -1.59. The molecule has 0 fully saturated rings. The van der Waals surface area contributed by atoms with Gasteiger partial charge in [0.15, 0.2) is 0 Å². The van der Waals surface area contributed by atoms with Gasteiger partial charge in [-0.05, 0) is 23.6 Å². The standard InChI is InChI=1S/C14H21N3O2.ClH/c1-9(2)12(15)14(19)17-8-10-4-6-11(7-5-10)13(18)16-3;/h4-7,9,12H,8,15H2,1-3H3,(H,16,18)(H,17,19);1H. The van der Waals surface area contributed by atoms with Crippen LogP contribution in [0.15, 0.2) is 24.3 Å². The van der Waals surface area contributed by atoms with E-state index in [0.29, 0.717) is 12.1 Å². The number of amides is 2. The number of carbonyl (C=O) groups excluding carboxylic acids is 2. The average Bonchev–Trinajstić information content (AvgIpc) is 2.43. The molecule has 1 unspecified atom stereocenters. The van der Waals surface area contributed by atoms with Gasteiger partial charge in [0.25, 0.3) is 5.91 Å². The Morgan fingerprint density at radius 2 is 1.75 bits per heavy atom. The van der Waals surface area contributed by atoms with Gasteiger partial charge in [0.2, 0.25) is 5.91 Å². The van der Waals surface area contributed by atoms with Gasteiger partial charge in [0.05, 0.1) is 6.04 Å². The van der Waals surface area contributed by atoms with E-state index < -0.39 is 6.04 Å². The molecule has 20 heavy (non-hydrogen) atoms. The van der Waals surface area contributed by atoms with E-state index in [4.69, 9.17) is 5.73 Å². The largest absolute Gasteiger partial charge is 0.355 e. The van der Waals surface area contributed by atoms with E-state index in [1.54, 1.807) is 19.2 Å². The number of nitrogens with one attached hydrogen (secondary N) is 2. The van der Waals surface area contributed by atoms with E-state index in [1.807, 2.05) is 26.0 Å². The molecule has 0 aromatic heterocycles. The van der Waals surface area contributed by atoms with Crippen LogP contribution in [0.4, 0.5) is 0 Å². The summed E-state index contributed by atoms with van der Waals surface area (Å²) < 4.78 is 0. The van der Waals surface area contributed by atoms with Crippen LogP contribution in [0.2, 0.25) is 0 Å². The second kappa shape index (κ2) is 8.55. The van der Waals surface area contributed by atoms with E-state index in [0.717, 1.165) is 5.56 Å². The number of nitrogens with two attached hydrogens (primary N) is 1. The summed E-state index contributed by atoms with van der Waals surface area (Å²) in [7, 11) is 1.59. The summed E-state index contributed by atoms with van der Waals surface area (Å²) in [6.45, 7) is 4.22. The molecule has 0 bridgehead atoms. The van der Waals surface area contributed by atoms with E-state index in [-0.39, 0.29) is 30.1 Å². The smallest absolute Gasteiger partial charge is 0.251 e. The molecule has 1 aromatic rings. The zero-order valence-electron chi connectivity index (χ0n) is 12.0. The molecule has 0 aliphatic rings. The van der Waals surface area contributed by atoms with Crippen molar-refractivity contribution in [1.82, 2.24) is 10.6 Å². The highest BCUT2D eigenvalue weighted by Gasteiger charge is 2.16. The minimum absolute atomic E-state index is 0. The van der Waals surface area contributed by atoms with Crippen molar-refractivity contribution < 1.29 is 9.59 Å². The third-order valence-electron chi connectivity index (χ3n) is 2.93. The van der Waals surface area contributed by atoms with Crippen LogP contribution in [0.1, 0.15) is 29.8 Å². The first-order chi connectivity index (χ1) is 8.95. The molecular weight excluding hydrogens is 278 g/mol. The van der Waals surface area contributed by atoms with Crippen molar-refractivity contribution in [3.05, 3.63) is 35.4 Å². The number of rotatable bonds is 5. The monoisotopic (exact) mass is 299 g/mol. The second-order valence-corrected chi connectivity index (χ2v) is 4.76. The lowest BCUT2D eigenvalue weighted by Gasteiger charge is -2.15. The van der Waals surface area contributed by atoms with Gasteiger partial charge >= 0.3 is 0 Å². The first-order valence-corrected chi connectivity index (χ1v) is 6.30. The molecule has 0 heterocycles. The molecular formula is C14H22ClN3O2. The molecule has 0 aliphatic heterocycles. The summed E-state index contributed by atoms with van der Waals surface area (Å²) in [5.41, 5.74) is 7.26. The summed E-state index contributed by atoms with van der Waals surface area (Å²) in [5.74, 6) is -0.182. The van der Waals surface area contributed by atoms with Crippen LogP contribution in [-0.4, -0.2) is 24.9 Å². The van der Waals surface area contributed by atoms with Crippen molar-refractivity contribution in [2.75, 3.05) is 7.05 Å². The molecule has 1 aromatic carbocycles. The fourth-order valence-electron chi connectivity index (χ4n) is 1.53. The number of carbonyl (C=O) groups is 2. The number of hydrogen-bond acceptors (Lipinski definition) is 3. The number of benzene rings is 1. The summed E-state index contributed by atoms with van der Waals surface area (Å²) >= 11 is 0. The SMILES string of the molecule is CNC(=O)c1ccc(CNC(=O)C(N)C(C)C)cc1.Cl. The molecule has 0 aliphatic carbocycles. The van der Waals surface area contributed by atoms with E-state index in [9.17, 15) is 9.59 Å². The summed E-state index contributed by atoms with van der Waals surface area (Å²) in [6, 6.07) is 6.58. The van der Waals surface area contributed by atoms with Gasteiger partial charge in [0.1, 0.15) is 0 Å². The van der Waals surface area contributed by atoms with E-state index >= 15 is 0 Å². The molecule has 4 N–H and O–H groups in total. The fraction of sp³-hybridized carbons (Fsp3) is 0.429. The van der Waals surface area contributed by atoms with Crippen LogP contribution in [0.3, 0.4) is 0 Å². The first kappa shape index (κ1) is 18.4. The normalized spacial score (nSPS) is 11.4. The predicted octanol–water partition coefficient (Wildman–Crippen LogP) is 1.07. The highest BCUT2D eigenvalue weighted by atomic mass is 35.5. The Morgan fingerprint density at radius 3 is 2.20 bits per heavy atom. The minimum Gasteiger partial charge on any atom is -0.355 e. The quantitative estimate of drug-likeness (QED) is 0.760. The third-order valence-corrected chi connectivity index (χ3v) is 2.93. The van der Waals surface area contributed by atoms with Gasteiger partial charge in [-0.15, -0.1) is 12.4 Å². The zero-order valence-corrected chi connectivity index (χ0v) is 12.8. The molecule has 0 saturated heterocycles. The lowest BCUT2D eigenvalue weighted by atomic mass is 10.0. The van der Waals surface area contributed by atoms with E-state index in [1.165, 1.54) is 0 Å². The first-order valence-electron chi connectivity index (χ1n) is 6.30. The maximum atomic E-state index is 11.7. The predicted molar refractivity (Wildman–Crippen MR) is 81.7 cm³/mol. The maximum absolute atomic E-state index is 11.7. The van der Waals surface area contributed by atoms with Gasteiger partial charge in [-0.3, -0.25) is 9.59 Å². The number of halogens is 1. The van der Waals surface area contributed by atoms with Gasteiger partial charge in [0, 0.05) is 19.2 Å². The molecule has 5 nitrogen and oxygen atoms in total. The Bertz CT molecular complexity index is 446. The lowest BCUT2D eigenvalue weighted by molar-refractivity contribution is -0.123. The van der Waals surface area contributed by atoms with Crippen LogP contribution < -0.4 is 16.4 Å². The average molecular weight is 300 g/mol. The van der Waals surface area contributed by atoms with Gasteiger partial charge < -0.3 is 16.4 Å². The molecule has 112 valence electrons. The third kappa shape index (κ3) is 5.19. The van der Waals surface area contributed by atoms with Gasteiger partial charge in [-0.2, -0.15) is 0 Å². The van der Waals surface area contributed by atoms with Crippen molar-refractivity contribution in [2.24, 2.45) is 11.7 Å². The molecule has 1 atom stereocenters. The number of hydrogen-bond donors (Lipinski definition) is 3. The zero-order chi connectivity index (χ0) is 14.4. The van der Waals surface area contributed by atoms with Crippen molar-refractivity contribution in [1.29, 1.82) is 0 Å². The van der Waals surface area contributed by atoms with Crippen LogP contribution >= 0.6 is 12.4 Å². The fourth-order valence-corrected chi connectivity index (χ4v) is 1.53. The van der Waals surface area contributed by atoms with Gasteiger partial charge in [-0.1, -0.05) is 26.0 Å². The highest BCUT2D eigenvalue weighted by Crippen LogP contribution is 2.05. The molecule has 0 radical (unpaired) electrons. The van der Waals surface area contributed by atoms with Crippen LogP contribution in [0, 0.1) is 5.92 Å². The lowest BCUT2D eigenvalue weighted by Crippen LogP contribution is -2.43. The van der Waals surface area contributed by atoms with E-state index in [2.05, 4.69) is 10.6 Å². The maximum Gasteiger partial charge on any atom is 0.251 e. The topological polar surface area (TPSA) is 84.2 Å². The van der Waals surface area contributed by atoms with Crippen molar-refractivity contribution in [2.45, 2.75) is 26.4 Å². The molecule has 6 heteroatoms. The molecule has 0 spiro atoms. The minimum atomic E-state index is -0.495. The van der Waals surface area contributed by atoms with Crippen LogP contribution in [0.25, 0.3) is 0 Å². The Morgan fingerprint density at radius 1 is 1.20 bits per heavy atom. The summed E-state index contributed by atoms with van der Waals surface area (Å²) in [6.07, 6.45) is 0. The van der Waals surface area contributed by atoms with Crippen molar-refractivity contribution >= 4 is 24.2 Å².